The Labute approximate surface area is 179 Å². The monoisotopic (exact) mass is 423 g/mol. The fourth-order valence-corrected chi connectivity index (χ4v) is 3.47. The van der Waals surface area contributed by atoms with Gasteiger partial charge in [-0.25, -0.2) is 9.97 Å². The Hall–Kier alpha value is -3.30. The van der Waals surface area contributed by atoms with Crippen LogP contribution in [0, 0.1) is 0 Å². The number of nitrogens with zero attached hydrogens (tertiary/aromatic N) is 3. The van der Waals surface area contributed by atoms with Gasteiger partial charge in [-0.05, 0) is 24.6 Å². The Morgan fingerprint density at radius 2 is 1.97 bits per heavy atom. The van der Waals surface area contributed by atoms with Gasteiger partial charge in [-0.15, -0.1) is 0 Å². The molecule has 2 aromatic heterocycles. The molecule has 1 aliphatic heterocycles. The molecule has 0 atom stereocenters. The third-order valence-corrected chi connectivity index (χ3v) is 5.15. The van der Waals surface area contributed by atoms with E-state index in [1.54, 1.807) is 36.4 Å². The third-order valence-electron chi connectivity index (χ3n) is 5.15. The number of carbonyl (C=O) groups excluding carboxylic acids is 2. The SMILES string of the molecule is COCCCNC(=O)c1ccnc2nc(-c3ccc(C(=O)N4CCOCC4)cc3)[nH]c12. The maximum absolute atomic E-state index is 12.6. The van der Waals surface area contributed by atoms with Crippen LogP contribution in [-0.4, -0.2) is 78.2 Å². The van der Waals surface area contributed by atoms with E-state index >= 15 is 0 Å². The number of methoxy groups -OCH3 is 1. The van der Waals surface area contributed by atoms with Gasteiger partial charge in [-0.3, -0.25) is 9.59 Å². The van der Waals surface area contributed by atoms with Gasteiger partial charge < -0.3 is 24.7 Å². The number of ether oxygens (including phenoxy) is 2. The lowest BCUT2D eigenvalue weighted by Crippen LogP contribution is -2.40. The number of hydrogen-bond acceptors (Lipinski definition) is 6. The van der Waals surface area contributed by atoms with E-state index in [0.29, 0.717) is 67.6 Å². The molecular weight excluding hydrogens is 398 g/mol. The first kappa shape index (κ1) is 21.0. The van der Waals surface area contributed by atoms with Gasteiger partial charge in [-0.2, -0.15) is 0 Å². The fraction of sp³-hybridized carbons (Fsp3) is 0.364. The number of pyridine rings is 1. The maximum atomic E-state index is 12.6. The van der Waals surface area contributed by atoms with E-state index in [4.69, 9.17) is 9.47 Å². The van der Waals surface area contributed by atoms with Crippen LogP contribution >= 0.6 is 0 Å². The molecule has 1 aliphatic rings. The van der Waals surface area contributed by atoms with E-state index in [-0.39, 0.29) is 11.8 Å². The first-order valence-corrected chi connectivity index (χ1v) is 10.3. The fourth-order valence-electron chi connectivity index (χ4n) is 3.47. The van der Waals surface area contributed by atoms with Gasteiger partial charge in [-0.1, -0.05) is 12.1 Å². The first-order valence-electron chi connectivity index (χ1n) is 10.3. The quantitative estimate of drug-likeness (QED) is 0.562. The number of fused-ring (bicyclic) bond motifs is 1. The summed E-state index contributed by atoms with van der Waals surface area (Å²) in [6, 6.07) is 8.93. The molecule has 0 bridgehead atoms. The second-order valence-corrected chi connectivity index (χ2v) is 7.23. The molecule has 4 rings (SSSR count). The number of aromatic amines is 1. The number of morpholine rings is 1. The number of rotatable bonds is 7. The Bertz CT molecular complexity index is 1060. The normalized spacial score (nSPS) is 14.0. The Kier molecular flexibility index (Phi) is 6.54. The summed E-state index contributed by atoms with van der Waals surface area (Å²) in [4.78, 5) is 39.0. The standard InChI is InChI=1S/C22H25N5O4/c1-30-12-2-8-24-21(28)17-7-9-23-20-18(17)25-19(26-20)15-3-5-16(6-4-15)22(29)27-10-13-31-14-11-27/h3-7,9H,2,8,10-14H2,1H3,(H,24,28)(H,23,25,26). The van der Waals surface area contributed by atoms with Crippen molar-refractivity contribution in [3.05, 3.63) is 47.7 Å². The number of nitrogens with one attached hydrogen (secondary N) is 2. The average molecular weight is 423 g/mol. The number of carbonyl (C=O) groups is 2. The van der Waals surface area contributed by atoms with Crippen LogP contribution in [0.25, 0.3) is 22.6 Å². The van der Waals surface area contributed by atoms with E-state index in [0.717, 1.165) is 12.0 Å². The molecule has 9 heteroatoms. The minimum Gasteiger partial charge on any atom is -0.385 e. The summed E-state index contributed by atoms with van der Waals surface area (Å²) in [6.07, 6.45) is 2.31. The van der Waals surface area contributed by atoms with Crippen molar-refractivity contribution in [2.45, 2.75) is 6.42 Å². The van der Waals surface area contributed by atoms with Crippen LogP contribution in [0.15, 0.2) is 36.5 Å². The van der Waals surface area contributed by atoms with Crippen LogP contribution in [0.1, 0.15) is 27.1 Å². The minimum atomic E-state index is -0.190. The lowest BCUT2D eigenvalue weighted by molar-refractivity contribution is 0.0303. The second kappa shape index (κ2) is 9.67. The highest BCUT2D eigenvalue weighted by Crippen LogP contribution is 2.22. The zero-order valence-corrected chi connectivity index (χ0v) is 17.4. The van der Waals surface area contributed by atoms with Gasteiger partial charge in [0, 0.05) is 50.7 Å². The highest BCUT2D eigenvalue weighted by atomic mass is 16.5. The van der Waals surface area contributed by atoms with Crippen LogP contribution in [-0.2, 0) is 9.47 Å². The molecular formula is C22H25N5O4. The van der Waals surface area contributed by atoms with Crippen molar-refractivity contribution in [3.8, 4) is 11.4 Å². The summed E-state index contributed by atoms with van der Waals surface area (Å²) >= 11 is 0. The molecule has 31 heavy (non-hydrogen) atoms. The summed E-state index contributed by atoms with van der Waals surface area (Å²) in [5, 5.41) is 2.88. The summed E-state index contributed by atoms with van der Waals surface area (Å²) in [7, 11) is 1.63. The van der Waals surface area contributed by atoms with Gasteiger partial charge in [0.1, 0.15) is 5.82 Å². The van der Waals surface area contributed by atoms with Crippen LogP contribution in [0.3, 0.4) is 0 Å². The van der Waals surface area contributed by atoms with Crippen LogP contribution in [0.4, 0.5) is 0 Å². The van der Waals surface area contributed by atoms with Gasteiger partial charge in [0.05, 0.1) is 24.3 Å². The van der Waals surface area contributed by atoms with Crippen molar-refractivity contribution in [1.29, 1.82) is 0 Å². The van der Waals surface area contributed by atoms with Crippen molar-refractivity contribution in [2.24, 2.45) is 0 Å². The van der Waals surface area contributed by atoms with Crippen LogP contribution < -0.4 is 5.32 Å². The van der Waals surface area contributed by atoms with Gasteiger partial charge >= 0.3 is 0 Å². The van der Waals surface area contributed by atoms with Crippen molar-refractivity contribution in [1.82, 2.24) is 25.2 Å². The number of hydrogen-bond donors (Lipinski definition) is 2. The molecule has 0 unspecified atom stereocenters. The molecule has 0 spiro atoms. The summed E-state index contributed by atoms with van der Waals surface area (Å²) < 4.78 is 10.3. The van der Waals surface area contributed by atoms with E-state index in [1.807, 2.05) is 12.1 Å². The maximum Gasteiger partial charge on any atom is 0.254 e. The minimum absolute atomic E-state index is 0.00597. The van der Waals surface area contributed by atoms with Gasteiger partial charge in [0.2, 0.25) is 0 Å². The highest BCUT2D eigenvalue weighted by molar-refractivity contribution is 6.04. The molecule has 0 aliphatic carbocycles. The predicted octanol–water partition coefficient (Wildman–Crippen LogP) is 1.86. The summed E-state index contributed by atoms with van der Waals surface area (Å²) in [5.41, 5.74) is 2.96. The first-order chi connectivity index (χ1) is 15.2. The molecule has 1 fully saturated rings. The zero-order valence-electron chi connectivity index (χ0n) is 17.4. The molecule has 3 aromatic rings. The van der Waals surface area contributed by atoms with Crippen LogP contribution in [0.5, 0.6) is 0 Å². The zero-order chi connectivity index (χ0) is 21.6. The van der Waals surface area contributed by atoms with Gasteiger partial charge in [0.15, 0.2) is 5.65 Å². The van der Waals surface area contributed by atoms with Crippen molar-refractivity contribution >= 4 is 23.0 Å². The van der Waals surface area contributed by atoms with E-state index in [9.17, 15) is 9.59 Å². The molecule has 9 nitrogen and oxygen atoms in total. The number of imidazole rings is 1. The van der Waals surface area contributed by atoms with Gasteiger partial charge in [0.25, 0.3) is 11.8 Å². The molecule has 1 aromatic carbocycles. The highest BCUT2D eigenvalue weighted by Gasteiger charge is 2.19. The average Bonchev–Trinajstić information content (AvgIpc) is 3.26. The second-order valence-electron chi connectivity index (χ2n) is 7.23. The Morgan fingerprint density at radius 3 is 2.71 bits per heavy atom. The smallest absolute Gasteiger partial charge is 0.254 e. The number of aromatic nitrogens is 3. The summed E-state index contributed by atoms with van der Waals surface area (Å²) in [6.45, 7) is 3.45. The molecule has 0 radical (unpaired) electrons. The molecule has 0 saturated carbocycles. The van der Waals surface area contributed by atoms with Crippen molar-refractivity contribution in [3.63, 3.8) is 0 Å². The molecule has 3 heterocycles. The molecule has 2 amide bonds. The predicted molar refractivity (Wildman–Crippen MR) is 115 cm³/mol. The largest absolute Gasteiger partial charge is 0.385 e. The summed E-state index contributed by atoms with van der Waals surface area (Å²) in [5.74, 6) is 0.395. The van der Waals surface area contributed by atoms with Crippen LogP contribution in [0.2, 0.25) is 0 Å². The lowest BCUT2D eigenvalue weighted by atomic mass is 10.1. The van der Waals surface area contributed by atoms with E-state index < -0.39 is 0 Å². The van der Waals surface area contributed by atoms with Crippen molar-refractivity contribution in [2.75, 3.05) is 46.6 Å². The number of H-pyrrole nitrogens is 1. The Balaban J connectivity index is 1.52. The molecule has 1 saturated heterocycles. The number of amides is 2. The Morgan fingerprint density at radius 1 is 1.19 bits per heavy atom. The number of benzene rings is 1. The third kappa shape index (κ3) is 4.73. The topological polar surface area (TPSA) is 109 Å². The van der Waals surface area contributed by atoms with E-state index in [2.05, 4.69) is 20.3 Å². The lowest BCUT2D eigenvalue weighted by Gasteiger charge is -2.26. The molecule has 162 valence electrons. The van der Waals surface area contributed by atoms with E-state index in [1.165, 1.54) is 0 Å². The molecule has 2 N–H and O–H groups in total. The van der Waals surface area contributed by atoms with Crippen molar-refractivity contribution < 1.29 is 19.1 Å².